The quantitative estimate of drug-likeness (QED) is 0.735. The Kier molecular flexibility index (Phi) is 7.06. The molecule has 5 nitrogen and oxygen atoms in total. The van der Waals surface area contributed by atoms with Gasteiger partial charge in [-0.25, -0.2) is 0 Å². The Morgan fingerprint density at radius 3 is 2.46 bits per heavy atom. The molecular weight excluding hydrogens is 354 g/mol. The predicted octanol–water partition coefficient (Wildman–Crippen LogP) is 3.06. The molecule has 0 bridgehead atoms. The van der Waals surface area contributed by atoms with Gasteiger partial charge in [0.05, 0.1) is 13.7 Å². The first-order valence-electron chi connectivity index (χ1n) is 9.87. The molecule has 0 saturated carbocycles. The molecule has 2 aromatic rings. The van der Waals surface area contributed by atoms with Crippen LogP contribution in [0.4, 0.5) is 0 Å². The average Bonchev–Trinajstić information content (AvgIpc) is 2.77. The van der Waals surface area contributed by atoms with E-state index in [1.54, 1.807) is 7.11 Å². The second kappa shape index (κ2) is 9.71. The minimum atomic E-state index is -1.08. The lowest BCUT2D eigenvalue weighted by atomic mass is 9.77. The highest BCUT2D eigenvalue weighted by atomic mass is 16.5. The van der Waals surface area contributed by atoms with Gasteiger partial charge in [-0.3, -0.25) is 4.79 Å². The minimum absolute atomic E-state index is 0.0581. The molecule has 1 atom stereocenters. The molecule has 1 heterocycles. The first-order valence-corrected chi connectivity index (χ1v) is 9.87. The van der Waals surface area contributed by atoms with Crippen LogP contribution in [0.15, 0.2) is 54.6 Å². The van der Waals surface area contributed by atoms with Gasteiger partial charge < -0.3 is 19.9 Å². The van der Waals surface area contributed by atoms with Gasteiger partial charge in [-0.05, 0) is 48.4 Å². The molecular formula is C23H29NO4. The summed E-state index contributed by atoms with van der Waals surface area (Å²) in [6.07, 6.45) is 2.60. The van der Waals surface area contributed by atoms with Gasteiger partial charge in [-0.15, -0.1) is 0 Å². The van der Waals surface area contributed by atoms with Gasteiger partial charge in [0.1, 0.15) is 11.4 Å². The van der Waals surface area contributed by atoms with Crippen LogP contribution in [0.3, 0.4) is 0 Å². The van der Waals surface area contributed by atoms with Crippen LogP contribution in [0.2, 0.25) is 0 Å². The van der Waals surface area contributed by atoms with Gasteiger partial charge in [-0.2, -0.15) is 0 Å². The number of aryl methyl sites for hydroxylation is 1. The summed E-state index contributed by atoms with van der Waals surface area (Å²) in [6, 6.07) is 17.4. The molecule has 150 valence electrons. The summed E-state index contributed by atoms with van der Waals surface area (Å²) in [4.78, 5) is 12.4. The molecule has 28 heavy (non-hydrogen) atoms. The second-order valence-electron chi connectivity index (χ2n) is 7.30. The molecule has 1 aliphatic rings. The fourth-order valence-corrected chi connectivity index (χ4v) is 3.76. The lowest BCUT2D eigenvalue weighted by Crippen LogP contribution is -2.47. The summed E-state index contributed by atoms with van der Waals surface area (Å²) in [7, 11) is 1.63. The Labute approximate surface area is 166 Å². The van der Waals surface area contributed by atoms with E-state index < -0.39 is 5.60 Å². The van der Waals surface area contributed by atoms with Gasteiger partial charge in [0.25, 0.3) is 0 Å². The molecule has 5 heteroatoms. The summed E-state index contributed by atoms with van der Waals surface area (Å²) in [5.74, 6) is 0.806. The Bertz CT molecular complexity index is 741. The molecule has 0 spiro atoms. The maximum atomic E-state index is 12.4. The van der Waals surface area contributed by atoms with Crippen LogP contribution in [0.1, 0.15) is 30.4 Å². The third-order valence-electron chi connectivity index (χ3n) is 5.53. The number of methoxy groups -OCH3 is 1. The van der Waals surface area contributed by atoms with Crippen molar-refractivity contribution in [2.75, 3.05) is 26.9 Å². The highest BCUT2D eigenvalue weighted by molar-refractivity contribution is 5.76. The van der Waals surface area contributed by atoms with Crippen molar-refractivity contribution in [1.82, 2.24) is 5.32 Å². The zero-order valence-electron chi connectivity index (χ0n) is 16.4. The van der Waals surface area contributed by atoms with Crippen molar-refractivity contribution in [3.05, 3.63) is 65.7 Å². The molecule has 1 fully saturated rings. The van der Waals surface area contributed by atoms with Crippen molar-refractivity contribution in [2.45, 2.75) is 31.3 Å². The summed E-state index contributed by atoms with van der Waals surface area (Å²) >= 11 is 0. The highest BCUT2D eigenvalue weighted by Crippen LogP contribution is 2.35. The average molecular weight is 383 g/mol. The van der Waals surface area contributed by atoms with Crippen molar-refractivity contribution in [3.8, 4) is 5.75 Å². The van der Waals surface area contributed by atoms with Crippen LogP contribution < -0.4 is 10.1 Å². The van der Waals surface area contributed by atoms with Crippen LogP contribution >= 0.6 is 0 Å². The fourth-order valence-electron chi connectivity index (χ4n) is 3.76. The second-order valence-corrected chi connectivity index (χ2v) is 7.30. The summed E-state index contributed by atoms with van der Waals surface area (Å²) < 4.78 is 10.6. The molecule has 3 rings (SSSR count). The van der Waals surface area contributed by atoms with Crippen molar-refractivity contribution in [2.24, 2.45) is 5.92 Å². The lowest BCUT2D eigenvalue weighted by Gasteiger charge is -2.39. The number of ether oxygens (including phenoxy) is 2. The lowest BCUT2D eigenvalue weighted by molar-refractivity contribution is -0.124. The van der Waals surface area contributed by atoms with Crippen molar-refractivity contribution in [3.63, 3.8) is 0 Å². The predicted molar refractivity (Wildman–Crippen MR) is 108 cm³/mol. The maximum Gasteiger partial charge on any atom is 0.220 e. The molecule has 0 radical (unpaired) electrons. The molecule has 2 N–H and O–H groups in total. The van der Waals surface area contributed by atoms with E-state index in [2.05, 4.69) is 5.32 Å². The number of amides is 1. The van der Waals surface area contributed by atoms with Crippen LogP contribution in [-0.2, 0) is 21.6 Å². The van der Waals surface area contributed by atoms with Crippen molar-refractivity contribution >= 4 is 5.91 Å². The smallest absolute Gasteiger partial charge is 0.220 e. The van der Waals surface area contributed by atoms with Gasteiger partial charge >= 0.3 is 0 Å². The Hall–Kier alpha value is -2.37. The first kappa shape index (κ1) is 20.4. The van der Waals surface area contributed by atoms with Crippen LogP contribution in [0.5, 0.6) is 5.75 Å². The minimum Gasteiger partial charge on any atom is -0.497 e. The molecule has 1 aliphatic heterocycles. The topological polar surface area (TPSA) is 67.8 Å². The van der Waals surface area contributed by atoms with E-state index in [1.807, 2.05) is 54.6 Å². The zero-order valence-corrected chi connectivity index (χ0v) is 16.4. The van der Waals surface area contributed by atoms with E-state index in [1.165, 1.54) is 0 Å². The number of carbonyl (C=O) groups excluding carboxylic acids is 1. The number of benzene rings is 2. The molecule has 0 aliphatic carbocycles. The fraction of sp³-hybridized carbons (Fsp3) is 0.435. The Morgan fingerprint density at radius 1 is 1.14 bits per heavy atom. The number of nitrogens with one attached hydrogen (secondary N) is 1. The van der Waals surface area contributed by atoms with Crippen molar-refractivity contribution < 1.29 is 19.4 Å². The summed E-state index contributed by atoms with van der Waals surface area (Å²) in [6.45, 7) is 1.50. The third kappa shape index (κ3) is 5.12. The molecule has 0 unspecified atom stereocenters. The zero-order chi connectivity index (χ0) is 19.8. The number of hydrogen-bond donors (Lipinski definition) is 2. The molecule has 0 aromatic heterocycles. The van der Waals surface area contributed by atoms with Crippen molar-refractivity contribution in [1.29, 1.82) is 0 Å². The number of rotatable bonds is 8. The number of hydrogen-bond acceptors (Lipinski definition) is 4. The summed E-state index contributed by atoms with van der Waals surface area (Å²) in [5, 5.41) is 14.5. The van der Waals surface area contributed by atoms with Crippen LogP contribution in [0.25, 0.3) is 0 Å². The van der Waals surface area contributed by atoms with Gasteiger partial charge in [-0.1, -0.05) is 42.5 Å². The number of aliphatic hydroxyl groups is 1. The van der Waals surface area contributed by atoms with E-state index in [0.29, 0.717) is 26.1 Å². The van der Waals surface area contributed by atoms with E-state index in [0.717, 1.165) is 29.7 Å². The van der Waals surface area contributed by atoms with Crippen LogP contribution in [-0.4, -0.2) is 37.9 Å². The molecule has 2 aromatic carbocycles. The first-order chi connectivity index (χ1) is 13.6. The Morgan fingerprint density at radius 2 is 1.82 bits per heavy atom. The van der Waals surface area contributed by atoms with Crippen LogP contribution in [0, 0.1) is 5.92 Å². The number of carbonyl (C=O) groups is 1. The molecule has 1 saturated heterocycles. The van der Waals surface area contributed by atoms with Gasteiger partial charge in [0.2, 0.25) is 5.91 Å². The highest BCUT2D eigenvalue weighted by Gasteiger charge is 2.39. The normalized spacial score (nSPS) is 16.9. The third-order valence-corrected chi connectivity index (χ3v) is 5.53. The van der Waals surface area contributed by atoms with Gasteiger partial charge in [0, 0.05) is 19.6 Å². The summed E-state index contributed by atoms with van der Waals surface area (Å²) in [5.41, 5.74) is 0.844. The SMILES string of the molecule is COc1ccc(CCC(=O)NC[C@@](O)(c2ccccc2)C2CCOCC2)cc1. The van der Waals surface area contributed by atoms with E-state index in [9.17, 15) is 9.90 Å². The van der Waals surface area contributed by atoms with Gasteiger partial charge in [0.15, 0.2) is 0 Å². The standard InChI is InChI=1S/C23H29NO4/c1-27-21-10-7-18(8-11-21)9-12-22(25)24-17-23(26,19-5-3-2-4-6-19)20-13-15-28-16-14-20/h2-8,10-11,20,26H,9,12-17H2,1H3,(H,24,25)/t23-/m1/s1. The van der Waals surface area contributed by atoms with E-state index in [-0.39, 0.29) is 18.4 Å². The maximum absolute atomic E-state index is 12.4. The van der Waals surface area contributed by atoms with E-state index in [4.69, 9.17) is 9.47 Å². The monoisotopic (exact) mass is 383 g/mol. The Balaban J connectivity index is 1.60. The van der Waals surface area contributed by atoms with E-state index >= 15 is 0 Å². The largest absolute Gasteiger partial charge is 0.497 e. The molecule has 1 amide bonds.